The average molecular weight is 706 g/mol. The first-order chi connectivity index (χ1) is 22.6. The molecule has 12 N–H and O–H groups in total. The van der Waals surface area contributed by atoms with Gasteiger partial charge in [0.25, 0.3) is 0 Å². The molecule has 0 radical (unpaired) electrons. The van der Waals surface area contributed by atoms with Crippen molar-refractivity contribution in [1.29, 1.82) is 0 Å². The van der Waals surface area contributed by atoms with Gasteiger partial charge in [-0.3, -0.25) is 4.79 Å². The summed E-state index contributed by atoms with van der Waals surface area (Å²) in [5.74, 6) is -0.679. The Hall–Kier alpha value is -1.29. The molecule has 0 spiro atoms. The molecule has 21 nitrogen and oxygen atoms in total. The van der Waals surface area contributed by atoms with Crippen molar-refractivity contribution in [3.8, 4) is 0 Å². The Morgan fingerprint density at radius 2 is 1.21 bits per heavy atom. The maximum absolute atomic E-state index is 11.9. The molecule has 280 valence electrons. The highest BCUT2D eigenvalue weighted by molar-refractivity contribution is 5.73. The number of aliphatic hydroxyl groups is 11. The first-order valence-corrected chi connectivity index (χ1v) is 15.3. The summed E-state index contributed by atoms with van der Waals surface area (Å²) >= 11 is 0. The Labute approximate surface area is 274 Å². The fourth-order valence-corrected chi connectivity index (χ4v) is 6.03. The van der Waals surface area contributed by atoms with Gasteiger partial charge in [0.2, 0.25) is 5.91 Å². The van der Waals surface area contributed by atoms with E-state index in [1.165, 1.54) is 14.0 Å². The van der Waals surface area contributed by atoms with Gasteiger partial charge in [-0.25, -0.2) is 0 Å². The minimum absolute atomic E-state index is 0.497. The van der Waals surface area contributed by atoms with Crippen molar-refractivity contribution in [2.24, 2.45) is 0 Å². The maximum Gasteiger partial charge on any atom is 0.217 e. The van der Waals surface area contributed by atoms with E-state index < -0.39 is 148 Å². The second kappa shape index (κ2) is 16.8. The van der Waals surface area contributed by atoms with Gasteiger partial charge in [-0.05, 0) is 6.92 Å². The fourth-order valence-electron chi connectivity index (χ4n) is 6.03. The maximum atomic E-state index is 11.9. The molecule has 4 saturated heterocycles. The van der Waals surface area contributed by atoms with Gasteiger partial charge in [-0.15, -0.1) is 0 Å². The minimum atomic E-state index is -1.95. The van der Waals surface area contributed by atoms with Crippen molar-refractivity contribution in [3.05, 3.63) is 0 Å². The Kier molecular flexibility index (Phi) is 13.8. The number of aliphatic hydroxyl groups excluding tert-OH is 11. The van der Waals surface area contributed by atoms with Crippen LogP contribution in [0.25, 0.3) is 0 Å². The lowest BCUT2D eigenvalue weighted by molar-refractivity contribution is -0.383. The summed E-state index contributed by atoms with van der Waals surface area (Å²) in [6, 6.07) is -1.48. The molecular weight excluding hydrogens is 658 g/mol. The summed E-state index contributed by atoms with van der Waals surface area (Å²) in [5.41, 5.74) is 0. The molecule has 0 saturated carbocycles. The van der Waals surface area contributed by atoms with Gasteiger partial charge < -0.3 is 99.4 Å². The molecule has 0 bridgehead atoms. The van der Waals surface area contributed by atoms with E-state index in [0.29, 0.717) is 0 Å². The smallest absolute Gasteiger partial charge is 0.217 e. The van der Waals surface area contributed by atoms with Crippen LogP contribution >= 0.6 is 0 Å². The topological polar surface area (TPSA) is 325 Å². The number of hydrogen-bond donors (Lipinski definition) is 12. The molecule has 0 aliphatic carbocycles. The monoisotopic (exact) mass is 705 g/mol. The third-order valence-electron chi connectivity index (χ3n) is 8.80. The number of ether oxygens (including phenoxy) is 8. The van der Waals surface area contributed by atoms with Gasteiger partial charge in [0, 0.05) is 14.0 Å². The molecule has 1 amide bonds. The molecule has 0 aromatic rings. The Balaban J connectivity index is 1.57. The summed E-state index contributed by atoms with van der Waals surface area (Å²) < 4.78 is 45.0. The quantitative estimate of drug-likeness (QED) is 0.0949. The summed E-state index contributed by atoms with van der Waals surface area (Å²) in [4.78, 5) is 11.9. The summed E-state index contributed by atoms with van der Waals surface area (Å²) in [7, 11) is 1.19. The van der Waals surface area contributed by atoms with Crippen LogP contribution in [0.15, 0.2) is 0 Å². The molecule has 1 unspecified atom stereocenters. The van der Waals surface area contributed by atoms with Crippen molar-refractivity contribution in [2.75, 3.05) is 26.9 Å². The molecule has 4 fully saturated rings. The second-order valence-electron chi connectivity index (χ2n) is 12.1. The Morgan fingerprint density at radius 1 is 0.625 bits per heavy atom. The van der Waals surface area contributed by atoms with E-state index in [1.54, 1.807) is 0 Å². The van der Waals surface area contributed by atoms with Crippen LogP contribution in [-0.2, 0) is 42.7 Å². The standard InChI is InChI=1S/C27H47NO20/c1-7-13(32)17(36)19(38)26(43-7)42-6-11-21(41-3)22(20(39)24(40)44-11)47-27-23(18(37)15(34)10(5-30)46-27)48-25-12(28-8(2)31)16(35)14(33)9(4-29)45-25/h7,9-27,29-30,32-40H,4-6H2,1-3H3,(H,28,31)/t7-,9-,10-,11-,12-,13-,14-,15-,16-,17+,18+,19+,20+,21-,22-,23+,24?,25+,26+,27-/m1/s1. The van der Waals surface area contributed by atoms with Gasteiger partial charge in [0.1, 0.15) is 91.5 Å². The van der Waals surface area contributed by atoms with Crippen LogP contribution in [0, 0.1) is 0 Å². The van der Waals surface area contributed by atoms with Crippen LogP contribution in [0.5, 0.6) is 0 Å². The molecule has 20 atom stereocenters. The molecule has 0 aromatic heterocycles. The molecular formula is C27H47NO20. The fraction of sp³-hybridized carbons (Fsp3) is 0.963. The number of methoxy groups -OCH3 is 1. The van der Waals surface area contributed by atoms with Gasteiger partial charge >= 0.3 is 0 Å². The van der Waals surface area contributed by atoms with Crippen molar-refractivity contribution in [2.45, 2.75) is 137 Å². The van der Waals surface area contributed by atoms with Crippen LogP contribution in [0.3, 0.4) is 0 Å². The summed E-state index contributed by atoms with van der Waals surface area (Å²) in [6.45, 7) is 0.415. The van der Waals surface area contributed by atoms with Gasteiger partial charge in [0.15, 0.2) is 25.2 Å². The van der Waals surface area contributed by atoms with E-state index in [1.807, 2.05) is 0 Å². The van der Waals surface area contributed by atoms with Crippen LogP contribution in [-0.4, -0.2) is 212 Å². The van der Waals surface area contributed by atoms with Crippen LogP contribution in [0.1, 0.15) is 13.8 Å². The van der Waals surface area contributed by atoms with Crippen LogP contribution in [0.2, 0.25) is 0 Å². The second-order valence-corrected chi connectivity index (χ2v) is 12.1. The molecule has 48 heavy (non-hydrogen) atoms. The van der Waals surface area contributed by atoms with Crippen molar-refractivity contribution in [3.63, 3.8) is 0 Å². The highest BCUT2D eigenvalue weighted by Gasteiger charge is 2.55. The lowest BCUT2D eigenvalue weighted by Gasteiger charge is -2.49. The number of carbonyl (C=O) groups is 1. The van der Waals surface area contributed by atoms with E-state index in [0.717, 1.165) is 6.92 Å². The number of carbonyl (C=O) groups excluding carboxylic acids is 1. The third kappa shape index (κ3) is 8.26. The zero-order valence-electron chi connectivity index (χ0n) is 26.3. The lowest BCUT2D eigenvalue weighted by atomic mass is 9.95. The van der Waals surface area contributed by atoms with Crippen molar-refractivity contribution in [1.82, 2.24) is 5.32 Å². The van der Waals surface area contributed by atoms with Crippen molar-refractivity contribution >= 4 is 5.91 Å². The highest BCUT2D eigenvalue weighted by Crippen LogP contribution is 2.34. The summed E-state index contributed by atoms with van der Waals surface area (Å²) in [5, 5.41) is 116. The van der Waals surface area contributed by atoms with Gasteiger partial charge in [-0.1, -0.05) is 0 Å². The van der Waals surface area contributed by atoms with E-state index in [9.17, 15) is 61.0 Å². The Bertz CT molecular complexity index is 1030. The number of rotatable bonds is 11. The predicted octanol–water partition coefficient (Wildman–Crippen LogP) is -7.92. The largest absolute Gasteiger partial charge is 0.394 e. The molecule has 0 aromatic carbocycles. The van der Waals surface area contributed by atoms with Gasteiger partial charge in [0.05, 0.1) is 25.9 Å². The lowest BCUT2D eigenvalue weighted by Crippen LogP contribution is -2.68. The highest BCUT2D eigenvalue weighted by atomic mass is 16.8. The SMILES string of the molecule is CO[C@H]1[C@H](O[C@H]2O[C@H](CO)[C@@H](O)[C@H](O)[C@@H]2O[C@@H]2O[C@H](CO)[C@@H](O)[C@H](O)[C@H]2NC(C)=O)[C@H](O)C(O)O[C@@H]1CO[C@H]1O[C@H](C)[C@@H](O)[C@H](O)[C@@H]1O. The first kappa shape index (κ1) is 39.5. The van der Waals surface area contributed by atoms with E-state index in [-0.39, 0.29) is 0 Å². The average Bonchev–Trinajstić information content (AvgIpc) is 3.05. The van der Waals surface area contributed by atoms with E-state index in [4.69, 9.17) is 37.9 Å². The van der Waals surface area contributed by atoms with Gasteiger partial charge in [-0.2, -0.15) is 0 Å². The van der Waals surface area contributed by atoms with Crippen LogP contribution in [0.4, 0.5) is 0 Å². The van der Waals surface area contributed by atoms with E-state index in [2.05, 4.69) is 5.32 Å². The first-order valence-electron chi connectivity index (χ1n) is 15.3. The molecule has 4 aliphatic rings. The number of nitrogens with one attached hydrogen (secondary N) is 1. The van der Waals surface area contributed by atoms with Crippen LogP contribution < -0.4 is 5.32 Å². The number of hydrogen-bond acceptors (Lipinski definition) is 20. The minimum Gasteiger partial charge on any atom is -0.394 e. The normalized spacial score (nSPS) is 50.2. The molecule has 4 rings (SSSR count). The van der Waals surface area contributed by atoms with Crippen molar-refractivity contribution < 1.29 is 98.9 Å². The number of amides is 1. The third-order valence-corrected chi connectivity index (χ3v) is 8.80. The Morgan fingerprint density at radius 3 is 1.79 bits per heavy atom. The molecule has 4 aliphatic heterocycles. The zero-order chi connectivity index (χ0) is 35.6. The molecule has 21 heteroatoms. The summed E-state index contributed by atoms with van der Waals surface area (Å²) in [6.07, 6.45) is -30.4. The predicted molar refractivity (Wildman–Crippen MR) is 149 cm³/mol. The van der Waals surface area contributed by atoms with E-state index >= 15 is 0 Å². The zero-order valence-corrected chi connectivity index (χ0v) is 26.3. The molecule has 4 heterocycles.